The fourth-order valence-electron chi connectivity index (χ4n) is 2.93. The van der Waals surface area contributed by atoms with Crippen molar-refractivity contribution >= 4 is 17.4 Å². The highest BCUT2D eigenvalue weighted by molar-refractivity contribution is 5.93. The zero-order valence-electron chi connectivity index (χ0n) is 14.5. The molecular formula is C20H21FN2O2. The van der Waals surface area contributed by atoms with Gasteiger partial charge in [0.15, 0.2) is 0 Å². The maximum atomic E-state index is 13.7. The van der Waals surface area contributed by atoms with Crippen LogP contribution >= 0.6 is 0 Å². The molecule has 0 saturated heterocycles. The van der Waals surface area contributed by atoms with Crippen LogP contribution in [0.25, 0.3) is 0 Å². The van der Waals surface area contributed by atoms with Crippen LogP contribution in [0.3, 0.4) is 0 Å². The zero-order chi connectivity index (χ0) is 18.2. The van der Waals surface area contributed by atoms with Crippen LogP contribution in [-0.4, -0.2) is 16.8 Å². The minimum Gasteiger partial charge on any atom is -0.478 e. The molecule has 2 aromatic rings. The number of benzene rings is 2. The fraction of sp³-hybridized carbons (Fsp3) is 0.300. The monoisotopic (exact) mass is 340 g/mol. The van der Waals surface area contributed by atoms with Gasteiger partial charge in [0.25, 0.3) is 0 Å². The molecule has 0 aromatic heterocycles. The predicted molar refractivity (Wildman–Crippen MR) is 96.5 cm³/mol. The number of hydrogen-bond donors (Lipinski definition) is 1. The summed E-state index contributed by atoms with van der Waals surface area (Å²) in [5.74, 6) is -1.24. The third-order valence-electron chi connectivity index (χ3n) is 4.39. The number of anilines is 1. The Kier molecular flexibility index (Phi) is 4.33. The molecule has 0 bridgehead atoms. The van der Waals surface area contributed by atoms with Gasteiger partial charge in [-0.05, 0) is 42.0 Å². The molecule has 1 heterocycles. The molecule has 1 N–H and O–H groups in total. The van der Waals surface area contributed by atoms with Gasteiger partial charge in [-0.1, -0.05) is 32.9 Å². The molecule has 3 rings (SSSR count). The Morgan fingerprint density at radius 1 is 1.20 bits per heavy atom. The van der Waals surface area contributed by atoms with E-state index < -0.39 is 5.97 Å². The summed E-state index contributed by atoms with van der Waals surface area (Å²) in [5.41, 5.74) is 2.81. The number of carbonyl (C=O) groups is 1. The van der Waals surface area contributed by atoms with Crippen molar-refractivity contribution in [3.8, 4) is 0 Å². The van der Waals surface area contributed by atoms with E-state index in [1.54, 1.807) is 30.3 Å². The van der Waals surface area contributed by atoms with Crippen LogP contribution in [0.1, 0.15) is 49.2 Å². The summed E-state index contributed by atoms with van der Waals surface area (Å²) < 4.78 is 13.7. The van der Waals surface area contributed by atoms with Gasteiger partial charge in [-0.25, -0.2) is 9.18 Å². The quantitative estimate of drug-likeness (QED) is 0.866. The Bertz CT molecular complexity index is 822. The van der Waals surface area contributed by atoms with Crippen LogP contribution in [0.5, 0.6) is 0 Å². The van der Waals surface area contributed by atoms with Gasteiger partial charge in [-0.15, -0.1) is 0 Å². The van der Waals surface area contributed by atoms with Gasteiger partial charge < -0.3 is 5.11 Å². The van der Waals surface area contributed by atoms with E-state index in [4.69, 9.17) is 10.2 Å². The summed E-state index contributed by atoms with van der Waals surface area (Å²) in [6, 6.07) is 13.0. The normalized spacial score (nSPS) is 17.5. The van der Waals surface area contributed by atoms with Gasteiger partial charge in [0.05, 0.1) is 17.3 Å². The highest BCUT2D eigenvalue weighted by Gasteiger charge is 2.34. The van der Waals surface area contributed by atoms with Crippen LogP contribution in [-0.2, 0) is 0 Å². The number of carboxylic acids is 1. The number of hydrogen-bond acceptors (Lipinski definition) is 3. The molecule has 1 unspecified atom stereocenters. The number of carboxylic acid groups (broad SMARTS) is 1. The van der Waals surface area contributed by atoms with E-state index in [1.807, 2.05) is 11.1 Å². The third kappa shape index (κ3) is 3.55. The Hall–Kier alpha value is -2.69. The lowest BCUT2D eigenvalue weighted by molar-refractivity contribution is 0.0697. The molecule has 0 fully saturated rings. The fourth-order valence-corrected chi connectivity index (χ4v) is 2.93. The van der Waals surface area contributed by atoms with Crippen molar-refractivity contribution in [3.63, 3.8) is 0 Å². The standard InChI is InChI=1S/C20H21FN2O2/c1-20(2,3)18-12-17(14-5-4-6-15(21)11-14)23(22-18)16-9-7-13(8-10-16)19(24)25/h4-11,17H,12H2,1-3H3,(H,24,25). The molecule has 25 heavy (non-hydrogen) atoms. The highest BCUT2D eigenvalue weighted by Crippen LogP contribution is 2.39. The van der Waals surface area contributed by atoms with Crippen molar-refractivity contribution in [3.05, 3.63) is 65.5 Å². The van der Waals surface area contributed by atoms with E-state index in [-0.39, 0.29) is 22.8 Å². The molecule has 2 aromatic carbocycles. The molecule has 0 aliphatic carbocycles. The van der Waals surface area contributed by atoms with E-state index >= 15 is 0 Å². The Labute approximate surface area is 146 Å². The molecule has 4 nitrogen and oxygen atoms in total. The molecule has 5 heteroatoms. The topological polar surface area (TPSA) is 52.9 Å². The van der Waals surface area contributed by atoms with Gasteiger partial charge in [-0.2, -0.15) is 5.10 Å². The zero-order valence-corrected chi connectivity index (χ0v) is 14.5. The van der Waals surface area contributed by atoms with Gasteiger partial charge in [0.2, 0.25) is 0 Å². The summed E-state index contributed by atoms with van der Waals surface area (Å²) in [4.78, 5) is 11.1. The van der Waals surface area contributed by atoms with Crippen LogP contribution in [0.15, 0.2) is 53.6 Å². The largest absolute Gasteiger partial charge is 0.478 e. The number of halogens is 1. The van der Waals surface area contributed by atoms with E-state index in [0.717, 1.165) is 17.0 Å². The first-order chi connectivity index (χ1) is 11.8. The van der Waals surface area contributed by atoms with Crippen molar-refractivity contribution in [1.29, 1.82) is 0 Å². The number of rotatable bonds is 3. The summed E-state index contributed by atoms with van der Waals surface area (Å²) in [6.07, 6.45) is 0.702. The van der Waals surface area contributed by atoms with E-state index in [1.165, 1.54) is 12.1 Å². The lowest BCUT2D eigenvalue weighted by atomic mass is 9.86. The van der Waals surface area contributed by atoms with Crippen molar-refractivity contribution in [2.45, 2.75) is 33.2 Å². The van der Waals surface area contributed by atoms with Crippen LogP contribution in [0.2, 0.25) is 0 Å². The average molecular weight is 340 g/mol. The van der Waals surface area contributed by atoms with Gasteiger partial charge >= 0.3 is 5.97 Å². The Morgan fingerprint density at radius 2 is 1.88 bits per heavy atom. The average Bonchev–Trinajstić information content (AvgIpc) is 3.00. The second-order valence-electron chi connectivity index (χ2n) is 7.27. The maximum Gasteiger partial charge on any atom is 0.335 e. The van der Waals surface area contributed by atoms with Gasteiger partial charge in [0, 0.05) is 17.5 Å². The minimum atomic E-state index is -0.964. The van der Waals surface area contributed by atoms with Crippen molar-refractivity contribution in [2.75, 3.05) is 5.01 Å². The van der Waals surface area contributed by atoms with Crippen molar-refractivity contribution < 1.29 is 14.3 Å². The van der Waals surface area contributed by atoms with Crippen LogP contribution in [0, 0.1) is 11.2 Å². The first-order valence-electron chi connectivity index (χ1n) is 8.22. The van der Waals surface area contributed by atoms with E-state index in [2.05, 4.69) is 20.8 Å². The SMILES string of the molecule is CC(C)(C)C1=NN(c2ccc(C(=O)O)cc2)C(c2cccc(F)c2)C1. The summed E-state index contributed by atoms with van der Waals surface area (Å²) in [5, 5.41) is 15.7. The second-order valence-corrected chi connectivity index (χ2v) is 7.27. The first-order valence-corrected chi connectivity index (χ1v) is 8.22. The Morgan fingerprint density at radius 3 is 2.44 bits per heavy atom. The molecule has 130 valence electrons. The summed E-state index contributed by atoms with van der Waals surface area (Å²) in [7, 11) is 0. The van der Waals surface area contributed by atoms with E-state index in [0.29, 0.717) is 6.42 Å². The maximum absolute atomic E-state index is 13.7. The molecule has 0 spiro atoms. The van der Waals surface area contributed by atoms with Crippen molar-refractivity contribution in [2.24, 2.45) is 10.5 Å². The molecule has 1 aliphatic heterocycles. The molecular weight excluding hydrogens is 319 g/mol. The van der Waals surface area contributed by atoms with Crippen molar-refractivity contribution in [1.82, 2.24) is 0 Å². The molecule has 0 saturated carbocycles. The summed E-state index contributed by atoms with van der Waals surface area (Å²) >= 11 is 0. The van der Waals surface area contributed by atoms with E-state index in [9.17, 15) is 9.18 Å². The lowest BCUT2D eigenvalue weighted by Gasteiger charge is -2.24. The molecule has 1 atom stereocenters. The smallest absolute Gasteiger partial charge is 0.335 e. The molecule has 1 aliphatic rings. The second kappa shape index (κ2) is 6.31. The van der Waals surface area contributed by atoms with Crippen LogP contribution in [0.4, 0.5) is 10.1 Å². The van der Waals surface area contributed by atoms with Crippen LogP contribution < -0.4 is 5.01 Å². The molecule has 0 amide bonds. The lowest BCUT2D eigenvalue weighted by Crippen LogP contribution is -2.19. The summed E-state index contributed by atoms with van der Waals surface area (Å²) in [6.45, 7) is 6.31. The molecule has 0 radical (unpaired) electrons. The third-order valence-corrected chi connectivity index (χ3v) is 4.39. The first kappa shape index (κ1) is 17.1. The van der Waals surface area contributed by atoms with Gasteiger partial charge in [0.1, 0.15) is 5.82 Å². The minimum absolute atomic E-state index is 0.0959. The predicted octanol–water partition coefficient (Wildman–Crippen LogP) is 4.88. The number of hydrazone groups is 1. The number of aromatic carboxylic acids is 1. The Balaban J connectivity index is 2.01. The van der Waals surface area contributed by atoms with Gasteiger partial charge in [-0.3, -0.25) is 5.01 Å². The number of nitrogens with zero attached hydrogens (tertiary/aromatic N) is 2. The highest BCUT2D eigenvalue weighted by atomic mass is 19.1.